The molecule has 3 aromatic heterocycles. The number of para-hydroxylation sites is 1. The Balaban J connectivity index is 1.46. The Hall–Kier alpha value is -2.84. The number of benzene rings is 1. The molecule has 0 amide bonds. The molecule has 0 saturated carbocycles. The predicted octanol–water partition coefficient (Wildman–Crippen LogP) is 3.96. The molecule has 0 aliphatic carbocycles. The van der Waals surface area contributed by atoms with Gasteiger partial charge in [0.2, 0.25) is 0 Å². The second kappa shape index (κ2) is 7.42. The second-order valence-electron chi connectivity index (χ2n) is 5.93. The molecule has 1 N–H and O–H groups in total. The molecule has 4 rings (SSSR count). The second-order valence-corrected chi connectivity index (χ2v) is 7.57. The predicted molar refractivity (Wildman–Crippen MR) is 106 cm³/mol. The van der Waals surface area contributed by atoms with Crippen LogP contribution in [0.3, 0.4) is 0 Å². The first-order valence-electron chi connectivity index (χ1n) is 8.25. The van der Waals surface area contributed by atoms with Crippen LogP contribution in [0, 0.1) is 0 Å². The smallest absolute Gasteiger partial charge is 0.312 e. The Morgan fingerprint density at radius 2 is 2.07 bits per heavy atom. The summed E-state index contributed by atoms with van der Waals surface area (Å²) in [5.41, 5.74) is 2.03. The topological polar surface area (TPSA) is 84.9 Å². The van der Waals surface area contributed by atoms with Crippen LogP contribution >= 0.6 is 22.7 Å². The lowest BCUT2D eigenvalue weighted by molar-refractivity contribution is -0.148. The number of aromatic nitrogens is 3. The number of thiazole rings is 1. The largest absolute Gasteiger partial charge is 0.454 e. The zero-order valence-corrected chi connectivity index (χ0v) is 16.0. The van der Waals surface area contributed by atoms with E-state index in [2.05, 4.69) is 15.0 Å². The van der Waals surface area contributed by atoms with Crippen molar-refractivity contribution < 1.29 is 9.53 Å². The third kappa shape index (κ3) is 3.81. The third-order valence-corrected chi connectivity index (χ3v) is 5.59. The van der Waals surface area contributed by atoms with E-state index in [1.807, 2.05) is 28.3 Å². The van der Waals surface area contributed by atoms with E-state index in [1.54, 1.807) is 36.5 Å². The number of nitrogens with zero attached hydrogens (tertiary/aromatic N) is 2. The Labute approximate surface area is 162 Å². The Morgan fingerprint density at radius 3 is 2.89 bits per heavy atom. The Morgan fingerprint density at radius 1 is 1.22 bits per heavy atom. The molecular weight excluding hydrogens is 382 g/mol. The SMILES string of the molecule is CC(OC(=O)Cc1csc(-c2ccsc2)n1)c1nc2ccccc2c(=O)[nH]1. The molecule has 4 aromatic rings. The van der Waals surface area contributed by atoms with Gasteiger partial charge in [0, 0.05) is 16.3 Å². The van der Waals surface area contributed by atoms with Crippen LogP contribution in [0.4, 0.5) is 0 Å². The molecular formula is C19H15N3O3S2. The quantitative estimate of drug-likeness (QED) is 0.515. The van der Waals surface area contributed by atoms with Gasteiger partial charge in [0.1, 0.15) is 5.01 Å². The van der Waals surface area contributed by atoms with Gasteiger partial charge in [0.05, 0.1) is 23.0 Å². The van der Waals surface area contributed by atoms with Crippen LogP contribution in [0.1, 0.15) is 24.5 Å². The summed E-state index contributed by atoms with van der Waals surface area (Å²) in [6, 6.07) is 9.04. The number of carbonyl (C=O) groups is 1. The first-order valence-corrected chi connectivity index (χ1v) is 10.1. The number of aromatic amines is 1. The number of nitrogens with one attached hydrogen (secondary N) is 1. The lowest BCUT2D eigenvalue weighted by atomic mass is 10.2. The fourth-order valence-corrected chi connectivity index (χ4v) is 4.18. The van der Waals surface area contributed by atoms with Crippen molar-refractivity contribution in [3.05, 3.63) is 68.3 Å². The van der Waals surface area contributed by atoms with Crippen molar-refractivity contribution in [1.82, 2.24) is 15.0 Å². The van der Waals surface area contributed by atoms with E-state index < -0.39 is 12.1 Å². The van der Waals surface area contributed by atoms with Gasteiger partial charge in [-0.1, -0.05) is 12.1 Å². The highest BCUT2D eigenvalue weighted by Crippen LogP contribution is 2.26. The minimum absolute atomic E-state index is 0.0722. The van der Waals surface area contributed by atoms with Crippen molar-refractivity contribution in [2.75, 3.05) is 0 Å². The zero-order valence-electron chi connectivity index (χ0n) is 14.3. The van der Waals surface area contributed by atoms with Crippen molar-refractivity contribution in [3.8, 4) is 10.6 Å². The summed E-state index contributed by atoms with van der Waals surface area (Å²) in [6.45, 7) is 1.68. The maximum absolute atomic E-state index is 12.3. The van der Waals surface area contributed by atoms with Gasteiger partial charge in [-0.05, 0) is 30.5 Å². The summed E-state index contributed by atoms with van der Waals surface area (Å²) in [5, 5.41) is 7.25. The number of thiophene rings is 1. The van der Waals surface area contributed by atoms with E-state index in [9.17, 15) is 9.59 Å². The molecule has 6 nitrogen and oxygen atoms in total. The first-order chi connectivity index (χ1) is 13.1. The molecule has 0 saturated heterocycles. The van der Waals surface area contributed by atoms with Gasteiger partial charge >= 0.3 is 5.97 Å². The fraction of sp³-hybridized carbons (Fsp3) is 0.158. The summed E-state index contributed by atoms with van der Waals surface area (Å²) < 4.78 is 5.44. The maximum atomic E-state index is 12.3. The Kier molecular flexibility index (Phi) is 4.83. The number of carbonyl (C=O) groups excluding carboxylic acids is 1. The van der Waals surface area contributed by atoms with Crippen LogP contribution in [-0.2, 0) is 16.0 Å². The normalized spacial score (nSPS) is 12.2. The molecule has 1 aromatic carbocycles. The number of H-pyrrole nitrogens is 1. The van der Waals surface area contributed by atoms with Gasteiger partial charge in [-0.2, -0.15) is 11.3 Å². The number of fused-ring (bicyclic) bond motifs is 1. The molecule has 136 valence electrons. The average Bonchev–Trinajstić information content (AvgIpc) is 3.33. The first kappa shape index (κ1) is 17.6. The van der Waals surface area contributed by atoms with Crippen molar-refractivity contribution in [3.63, 3.8) is 0 Å². The number of hydrogen-bond acceptors (Lipinski definition) is 7. The summed E-state index contributed by atoms with van der Waals surface area (Å²) in [4.78, 5) is 36.0. The highest BCUT2D eigenvalue weighted by atomic mass is 32.1. The molecule has 0 aliphatic heterocycles. The highest BCUT2D eigenvalue weighted by molar-refractivity contribution is 7.14. The van der Waals surface area contributed by atoms with E-state index in [0.29, 0.717) is 22.4 Å². The summed E-state index contributed by atoms with van der Waals surface area (Å²) >= 11 is 3.10. The molecule has 0 bridgehead atoms. The third-order valence-electron chi connectivity index (χ3n) is 3.97. The van der Waals surface area contributed by atoms with Gasteiger partial charge < -0.3 is 9.72 Å². The summed E-state index contributed by atoms with van der Waals surface area (Å²) in [6.07, 6.45) is -0.590. The highest BCUT2D eigenvalue weighted by Gasteiger charge is 2.17. The molecule has 0 aliphatic rings. The average molecular weight is 397 g/mol. The molecule has 3 heterocycles. The molecule has 0 radical (unpaired) electrons. The summed E-state index contributed by atoms with van der Waals surface area (Å²) in [5.74, 6) is -0.0928. The lowest BCUT2D eigenvalue weighted by Crippen LogP contribution is -2.18. The standard InChI is InChI=1S/C19H15N3O3S2/c1-11(17-21-15-5-3-2-4-14(15)18(24)22-17)25-16(23)8-13-10-27-19(20-13)12-6-7-26-9-12/h2-7,9-11H,8H2,1H3,(H,21,22,24). The fourth-order valence-electron chi connectivity index (χ4n) is 2.65. The molecule has 1 unspecified atom stereocenters. The number of rotatable bonds is 5. The molecule has 27 heavy (non-hydrogen) atoms. The van der Waals surface area contributed by atoms with E-state index in [4.69, 9.17) is 4.74 Å². The van der Waals surface area contributed by atoms with Crippen LogP contribution < -0.4 is 5.56 Å². The van der Waals surface area contributed by atoms with Crippen LogP contribution in [0.15, 0.2) is 51.3 Å². The van der Waals surface area contributed by atoms with Crippen molar-refractivity contribution in [2.24, 2.45) is 0 Å². The van der Waals surface area contributed by atoms with Crippen molar-refractivity contribution >= 4 is 39.5 Å². The van der Waals surface area contributed by atoms with E-state index >= 15 is 0 Å². The molecule has 0 spiro atoms. The molecule has 8 heteroatoms. The van der Waals surface area contributed by atoms with Crippen LogP contribution in [0.5, 0.6) is 0 Å². The minimum atomic E-state index is -0.662. The van der Waals surface area contributed by atoms with Gasteiger partial charge in [-0.15, -0.1) is 11.3 Å². The molecule has 0 fully saturated rings. The number of esters is 1. The number of ether oxygens (including phenoxy) is 1. The van der Waals surface area contributed by atoms with E-state index in [1.165, 1.54) is 11.3 Å². The van der Waals surface area contributed by atoms with Gasteiger partial charge in [0.15, 0.2) is 11.9 Å². The molecule has 1 atom stereocenters. The van der Waals surface area contributed by atoms with Crippen LogP contribution in [-0.4, -0.2) is 20.9 Å². The Bertz CT molecular complexity index is 1150. The van der Waals surface area contributed by atoms with Gasteiger partial charge in [-0.3, -0.25) is 9.59 Å². The van der Waals surface area contributed by atoms with Crippen LogP contribution in [0.2, 0.25) is 0 Å². The van der Waals surface area contributed by atoms with Crippen molar-refractivity contribution in [2.45, 2.75) is 19.4 Å². The van der Waals surface area contributed by atoms with E-state index in [0.717, 1.165) is 10.6 Å². The van der Waals surface area contributed by atoms with Crippen LogP contribution in [0.25, 0.3) is 21.5 Å². The number of hydrogen-bond donors (Lipinski definition) is 1. The summed E-state index contributed by atoms with van der Waals surface area (Å²) in [7, 11) is 0. The van der Waals surface area contributed by atoms with Gasteiger partial charge in [0.25, 0.3) is 5.56 Å². The minimum Gasteiger partial charge on any atom is -0.454 e. The van der Waals surface area contributed by atoms with Gasteiger partial charge in [-0.25, -0.2) is 9.97 Å². The zero-order chi connectivity index (χ0) is 18.8. The maximum Gasteiger partial charge on any atom is 0.312 e. The monoisotopic (exact) mass is 397 g/mol. The van der Waals surface area contributed by atoms with Crippen molar-refractivity contribution in [1.29, 1.82) is 0 Å². The van der Waals surface area contributed by atoms with E-state index in [-0.39, 0.29) is 12.0 Å². The lowest BCUT2D eigenvalue weighted by Gasteiger charge is -2.12.